The molecule has 0 spiro atoms. The smallest absolute Gasteiger partial charge is 0.119 e. The van der Waals surface area contributed by atoms with Crippen molar-refractivity contribution in [1.29, 1.82) is 0 Å². The summed E-state index contributed by atoms with van der Waals surface area (Å²) < 4.78 is 5.72. The van der Waals surface area contributed by atoms with E-state index in [-0.39, 0.29) is 0 Å². The first-order valence-electron chi connectivity index (χ1n) is 6.14. The first-order valence-corrected chi connectivity index (χ1v) is 7.36. The molecule has 0 aliphatic heterocycles. The molecule has 0 aliphatic rings. The Hall–Kier alpha value is -1.74. The molecule has 0 heterocycles. The van der Waals surface area contributed by atoms with Crippen LogP contribution in [0, 0.1) is 0 Å². The van der Waals surface area contributed by atoms with Gasteiger partial charge in [0.2, 0.25) is 0 Å². The van der Waals surface area contributed by atoms with E-state index in [1.165, 1.54) is 5.56 Å². The lowest BCUT2D eigenvalue weighted by molar-refractivity contribution is 0.306. The van der Waals surface area contributed by atoms with E-state index in [0.29, 0.717) is 6.61 Å². The number of thioether (sulfide) groups is 1. The highest BCUT2D eigenvalue weighted by Gasteiger charge is 1.96. The Balaban J connectivity index is 1.96. The molecule has 2 aromatic rings. The molecular formula is C16H17NOS. The molecule has 2 rings (SSSR count). The van der Waals surface area contributed by atoms with Crippen LogP contribution in [0.2, 0.25) is 0 Å². The lowest BCUT2D eigenvalue weighted by Gasteiger charge is -2.06. The second-order valence-electron chi connectivity index (χ2n) is 4.10. The van der Waals surface area contributed by atoms with E-state index in [1.54, 1.807) is 11.8 Å². The highest BCUT2D eigenvalue weighted by Crippen LogP contribution is 2.20. The summed E-state index contributed by atoms with van der Waals surface area (Å²) in [4.78, 5) is 4.46. The van der Waals surface area contributed by atoms with E-state index < -0.39 is 0 Å². The Morgan fingerprint density at radius 2 is 1.74 bits per heavy atom. The van der Waals surface area contributed by atoms with Gasteiger partial charge in [-0.2, -0.15) is 0 Å². The van der Waals surface area contributed by atoms with Crippen molar-refractivity contribution in [2.75, 3.05) is 6.26 Å². The van der Waals surface area contributed by atoms with Gasteiger partial charge in [-0.3, -0.25) is 0 Å². The summed E-state index contributed by atoms with van der Waals surface area (Å²) in [5, 5.41) is 1.05. The van der Waals surface area contributed by atoms with E-state index in [4.69, 9.17) is 4.74 Å². The average molecular weight is 271 g/mol. The second-order valence-corrected chi connectivity index (χ2v) is 5.10. The molecule has 2 aromatic carbocycles. The van der Waals surface area contributed by atoms with Crippen LogP contribution in [-0.2, 0) is 6.61 Å². The van der Waals surface area contributed by atoms with Crippen LogP contribution >= 0.6 is 11.8 Å². The first kappa shape index (κ1) is 13.7. The van der Waals surface area contributed by atoms with E-state index >= 15 is 0 Å². The Kier molecular flexibility index (Phi) is 5.04. The molecule has 0 saturated carbocycles. The van der Waals surface area contributed by atoms with Crippen molar-refractivity contribution in [3.63, 3.8) is 0 Å². The zero-order chi connectivity index (χ0) is 13.5. The monoisotopic (exact) mass is 271 g/mol. The minimum absolute atomic E-state index is 0.591. The van der Waals surface area contributed by atoms with Crippen LogP contribution in [-0.4, -0.2) is 11.3 Å². The van der Waals surface area contributed by atoms with Gasteiger partial charge < -0.3 is 4.74 Å². The van der Waals surface area contributed by atoms with Crippen LogP contribution < -0.4 is 4.74 Å². The summed E-state index contributed by atoms with van der Waals surface area (Å²) in [7, 11) is 0. The molecule has 0 radical (unpaired) electrons. The number of hydrogen-bond donors (Lipinski definition) is 0. The number of ether oxygens (including phenoxy) is 1. The summed E-state index contributed by atoms with van der Waals surface area (Å²) in [5.74, 6) is 0.865. The summed E-state index contributed by atoms with van der Waals surface area (Å²) in [6, 6.07) is 18.0. The van der Waals surface area contributed by atoms with Crippen LogP contribution in [0.5, 0.6) is 5.75 Å². The third-order valence-corrected chi connectivity index (χ3v) is 3.35. The van der Waals surface area contributed by atoms with E-state index in [9.17, 15) is 0 Å². The fraction of sp³-hybridized carbons (Fsp3) is 0.188. The quantitative estimate of drug-likeness (QED) is 0.595. The van der Waals surface area contributed by atoms with Crippen molar-refractivity contribution in [3.05, 3.63) is 60.2 Å². The maximum atomic E-state index is 5.72. The largest absolute Gasteiger partial charge is 0.489 e. The van der Waals surface area contributed by atoms with Gasteiger partial charge >= 0.3 is 0 Å². The molecule has 98 valence electrons. The van der Waals surface area contributed by atoms with Gasteiger partial charge in [0.05, 0.1) is 10.7 Å². The van der Waals surface area contributed by atoms with Gasteiger partial charge in [-0.15, -0.1) is 11.8 Å². The van der Waals surface area contributed by atoms with E-state index in [0.717, 1.165) is 16.5 Å². The third-order valence-electron chi connectivity index (χ3n) is 2.67. The Labute approximate surface area is 118 Å². The standard InChI is InChI=1S/C16H17NOS/c1-13(19-2)17-15-8-10-16(11-9-15)18-12-14-6-4-3-5-7-14/h3-11H,12H2,1-2H3. The van der Waals surface area contributed by atoms with Gasteiger partial charge in [0, 0.05) is 0 Å². The van der Waals surface area contributed by atoms with Gasteiger partial charge in [0.1, 0.15) is 12.4 Å². The zero-order valence-electron chi connectivity index (χ0n) is 11.2. The molecule has 3 heteroatoms. The summed E-state index contributed by atoms with van der Waals surface area (Å²) >= 11 is 1.65. The van der Waals surface area contributed by atoms with Crippen molar-refractivity contribution >= 4 is 22.5 Å². The Bertz CT molecular complexity index is 534. The lowest BCUT2D eigenvalue weighted by Crippen LogP contribution is -1.94. The number of rotatable bonds is 4. The molecule has 0 aromatic heterocycles. The SMILES string of the molecule is CSC(C)=Nc1ccc(OCc2ccccc2)cc1. The lowest BCUT2D eigenvalue weighted by atomic mass is 10.2. The molecule has 0 aliphatic carbocycles. The van der Waals surface area contributed by atoms with Crippen molar-refractivity contribution in [2.45, 2.75) is 13.5 Å². The van der Waals surface area contributed by atoms with Crippen molar-refractivity contribution in [2.24, 2.45) is 4.99 Å². The molecule has 0 N–H and O–H groups in total. The highest BCUT2D eigenvalue weighted by atomic mass is 32.2. The first-order chi connectivity index (χ1) is 9.28. The minimum Gasteiger partial charge on any atom is -0.489 e. The van der Waals surface area contributed by atoms with Crippen LogP contribution in [0.15, 0.2) is 59.6 Å². The predicted octanol–water partition coefficient (Wildman–Crippen LogP) is 4.68. The number of nitrogens with zero attached hydrogens (tertiary/aromatic N) is 1. The summed E-state index contributed by atoms with van der Waals surface area (Å²) in [6.45, 7) is 2.60. The van der Waals surface area contributed by atoms with Crippen molar-refractivity contribution < 1.29 is 4.74 Å². The number of hydrogen-bond acceptors (Lipinski definition) is 3. The maximum absolute atomic E-state index is 5.72. The van der Waals surface area contributed by atoms with Crippen molar-refractivity contribution in [1.82, 2.24) is 0 Å². The molecule has 0 unspecified atom stereocenters. The molecule has 2 nitrogen and oxygen atoms in total. The van der Waals surface area contributed by atoms with Gasteiger partial charge in [-0.25, -0.2) is 4.99 Å². The minimum atomic E-state index is 0.591. The molecular weight excluding hydrogens is 254 g/mol. The van der Waals surface area contributed by atoms with Gasteiger partial charge in [0.25, 0.3) is 0 Å². The van der Waals surface area contributed by atoms with Gasteiger partial charge in [0.15, 0.2) is 0 Å². The van der Waals surface area contributed by atoms with E-state index in [1.807, 2.05) is 55.6 Å². The van der Waals surface area contributed by atoms with Gasteiger partial charge in [-0.1, -0.05) is 30.3 Å². The molecule has 0 saturated heterocycles. The molecule has 0 fully saturated rings. The number of benzene rings is 2. The molecule has 0 amide bonds. The molecule has 0 atom stereocenters. The van der Waals surface area contributed by atoms with Gasteiger partial charge in [-0.05, 0) is 43.0 Å². The van der Waals surface area contributed by atoms with Crippen LogP contribution in [0.3, 0.4) is 0 Å². The Morgan fingerprint density at radius 3 is 2.37 bits per heavy atom. The van der Waals surface area contributed by atoms with Crippen LogP contribution in [0.25, 0.3) is 0 Å². The summed E-state index contributed by atoms with van der Waals surface area (Å²) in [6.07, 6.45) is 2.02. The van der Waals surface area contributed by atoms with Crippen LogP contribution in [0.4, 0.5) is 5.69 Å². The summed E-state index contributed by atoms with van der Waals surface area (Å²) in [5.41, 5.74) is 2.13. The van der Waals surface area contributed by atoms with Crippen molar-refractivity contribution in [3.8, 4) is 5.75 Å². The van der Waals surface area contributed by atoms with Crippen LogP contribution in [0.1, 0.15) is 12.5 Å². The maximum Gasteiger partial charge on any atom is 0.119 e. The topological polar surface area (TPSA) is 21.6 Å². The fourth-order valence-corrected chi connectivity index (χ4v) is 1.78. The molecule has 0 bridgehead atoms. The predicted molar refractivity (Wildman–Crippen MR) is 83.5 cm³/mol. The second kappa shape index (κ2) is 7.00. The highest BCUT2D eigenvalue weighted by molar-refractivity contribution is 8.13. The number of aliphatic imine (C=N–C) groups is 1. The van der Waals surface area contributed by atoms with E-state index in [2.05, 4.69) is 17.1 Å². The average Bonchev–Trinajstić information content (AvgIpc) is 2.47. The Morgan fingerprint density at radius 1 is 1.05 bits per heavy atom. The molecule has 19 heavy (non-hydrogen) atoms. The normalized spacial score (nSPS) is 11.4. The fourth-order valence-electron chi connectivity index (χ4n) is 1.59. The zero-order valence-corrected chi connectivity index (χ0v) is 12.0. The third kappa shape index (κ3) is 4.45.